The van der Waals surface area contributed by atoms with Crippen molar-refractivity contribution >= 4 is 76.9 Å². The van der Waals surface area contributed by atoms with E-state index in [-0.39, 0.29) is 53.3 Å². The van der Waals surface area contributed by atoms with Gasteiger partial charge in [0, 0.05) is 17.7 Å². The number of ether oxygens (including phenoxy) is 1. The molecule has 11 heteroatoms. The molecule has 0 radical (unpaired) electrons. The Kier molecular flexibility index (Phi) is 8.93. The molecule has 2 N–H and O–H groups in total. The van der Waals surface area contributed by atoms with Gasteiger partial charge in [0.05, 0.1) is 18.4 Å². The topological polar surface area (TPSA) is 156 Å². The average molecular weight is 630 g/mol. The molecule has 1 fully saturated rings. The number of carbonyl (C=O) groups excluding carboxylic acids is 3. The molecule has 1 unspecified atom stereocenters. The van der Waals surface area contributed by atoms with Gasteiger partial charge in [0.25, 0.3) is 0 Å². The van der Waals surface area contributed by atoms with Crippen molar-refractivity contribution in [3.05, 3.63) is 90.0 Å². The van der Waals surface area contributed by atoms with Crippen LogP contribution >= 0.6 is 0 Å². The summed E-state index contributed by atoms with van der Waals surface area (Å²) in [5.41, 5.74) is 7.16. The maximum atomic E-state index is 14.0. The summed E-state index contributed by atoms with van der Waals surface area (Å²) in [6.45, 7) is 11.6. The summed E-state index contributed by atoms with van der Waals surface area (Å²) in [5.74, 6) is -2.73. The number of H-pyrrole nitrogens is 1. The van der Waals surface area contributed by atoms with E-state index in [1.807, 2.05) is 32.9 Å². The molecule has 10 nitrogen and oxygen atoms in total. The molecule has 2 aliphatic heterocycles. The third-order valence-electron chi connectivity index (χ3n) is 9.43. The van der Waals surface area contributed by atoms with Crippen molar-refractivity contribution < 1.29 is 29.0 Å². The van der Waals surface area contributed by atoms with Gasteiger partial charge in [0.2, 0.25) is 5.78 Å². The van der Waals surface area contributed by atoms with Crippen LogP contribution in [0.5, 0.6) is 0 Å². The van der Waals surface area contributed by atoms with E-state index in [2.05, 4.69) is 11.6 Å². The van der Waals surface area contributed by atoms with Crippen molar-refractivity contribution in [3.8, 4) is 0 Å². The van der Waals surface area contributed by atoms with E-state index in [4.69, 9.17) is 20.0 Å². The number of nitrogens with zero attached hydrogens (tertiary/aromatic N) is 3. The van der Waals surface area contributed by atoms with Crippen LogP contribution in [0.2, 0.25) is 0 Å². The minimum absolute atomic E-state index is 0. The number of methoxy groups -OCH3 is 1. The van der Waals surface area contributed by atoms with Gasteiger partial charge in [0.15, 0.2) is 0 Å². The van der Waals surface area contributed by atoms with Gasteiger partial charge in [-0.3, -0.25) is 14.4 Å². The predicted molar refractivity (Wildman–Crippen MR) is 175 cm³/mol. The maximum absolute atomic E-state index is 14.0. The zero-order chi connectivity index (χ0) is 32.3. The molecule has 0 aromatic carbocycles. The van der Waals surface area contributed by atoms with E-state index in [0.717, 1.165) is 23.0 Å². The number of aliphatic carboxylic acids is 1. The second-order valence-electron chi connectivity index (χ2n) is 11.7. The van der Waals surface area contributed by atoms with Gasteiger partial charge in [-0.2, -0.15) is 5.70 Å². The van der Waals surface area contributed by atoms with Crippen molar-refractivity contribution in [2.75, 3.05) is 7.11 Å². The summed E-state index contributed by atoms with van der Waals surface area (Å²) in [4.78, 5) is 64.3. The van der Waals surface area contributed by atoms with E-state index < -0.39 is 23.8 Å². The molecule has 3 atom stereocenters. The SMILES string of the molecule is C=Cc1c2[n-]c(c1C)/C=C1\[N-]C(C3=C(C(=O)OC)C(=O)c4c3[nH]c(c4C)/C=c3\[n-]/c(c(C=O)c3CC)=C\2)[C@@H](CCC(=O)O)[C@@H]1C.[Mg+2]. The Hall–Kier alpha value is -4.35. The van der Waals surface area contributed by atoms with Crippen LogP contribution in [0.1, 0.15) is 92.4 Å². The molecule has 5 heterocycles. The number of nitrogens with one attached hydrogen (secondary N) is 1. The van der Waals surface area contributed by atoms with Crippen LogP contribution in [0.15, 0.2) is 17.8 Å². The molecule has 1 aliphatic carbocycles. The number of esters is 1. The molecule has 8 bridgehead atoms. The Balaban J connectivity index is 0.00000417. The number of aromatic nitrogens is 3. The monoisotopic (exact) mass is 629 g/mol. The van der Waals surface area contributed by atoms with Gasteiger partial charge in [-0.05, 0) is 55.2 Å². The number of aromatic amines is 1. The number of Topliss-reactive ketones (excluding diaryl/α,β-unsaturated/α-hetero) is 1. The van der Waals surface area contributed by atoms with Crippen LogP contribution in [-0.2, 0) is 20.7 Å². The van der Waals surface area contributed by atoms with E-state index in [0.29, 0.717) is 67.9 Å². The van der Waals surface area contributed by atoms with Crippen LogP contribution in [0, 0.1) is 25.7 Å². The summed E-state index contributed by atoms with van der Waals surface area (Å²) in [6.07, 6.45) is 8.73. The summed E-state index contributed by atoms with van der Waals surface area (Å²) in [6, 6.07) is -0.694. The number of allylic oxidation sites excluding steroid dienone is 1. The summed E-state index contributed by atoms with van der Waals surface area (Å²) < 4.78 is 5.08. The molecular formula is C35H33MgN4O6-. The fraction of sp³-hybridized carbons (Fsp3) is 0.314. The molecule has 232 valence electrons. The molecule has 1 saturated heterocycles. The van der Waals surface area contributed by atoms with Crippen molar-refractivity contribution in [2.45, 2.75) is 53.0 Å². The van der Waals surface area contributed by atoms with Crippen molar-refractivity contribution in [1.82, 2.24) is 15.0 Å². The zero-order valence-corrected chi connectivity index (χ0v) is 27.9. The van der Waals surface area contributed by atoms with Gasteiger partial charge >= 0.3 is 35.0 Å². The fourth-order valence-electron chi connectivity index (χ4n) is 7.03. The molecule has 0 saturated carbocycles. The number of carbonyl (C=O) groups is 4. The van der Waals surface area contributed by atoms with Gasteiger partial charge in [-0.15, -0.1) is 22.1 Å². The third-order valence-corrected chi connectivity index (χ3v) is 9.43. The van der Waals surface area contributed by atoms with Crippen LogP contribution in [-0.4, -0.2) is 70.3 Å². The fourth-order valence-corrected chi connectivity index (χ4v) is 7.03. The molecule has 3 aliphatic rings. The van der Waals surface area contributed by atoms with Crippen molar-refractivity contribution in [3.63, 3.8) is 0 Å². The Morgan fingerprint density at radius 1 is 1.09 bits per heavy atom. The zero-order valence-electron chi connectivity index (χ0n) is 26.5. The Morgan fingerprint density at radius 3 is 2.46 bits per heavy atom. The minimum atomic E-state index is -0.943. The van der Waals surface area contributed by atoms with Crippen LogP contribution in [0.3, 0.4) is 0 Å². The van der Waals surface area contributed by atoms with Crippen molar-refractivity contribution in [1.29, 1.82) is 0 Å². The molecule has 6 rings (SSSR count). The molecule has 3 aromatic heterocycles. The first-order chi connectivity index (χ1) is 21.5. The largest absolute Gasteiger partial charge is 2.00 e. The standard InChI is InChI=1S/C35H36N4O6.Mg/c1-7-18-15(3)22-11-23-16(4)20(9-10-28(41)42)32(38-23)30-31(35(44)45-6)34(43)29-17(5)24(39-33(29)30)12-26-19(8-2)21(14-40)27(37-26)13-25(18)36-22;/h7,11-14,16,20,32H,1,8-10H2,2-6H3,(H5,36,37,38,39,40,41,42,43,44);/q;+2/p-3/t16-,20-,32?;/m0./s1. The number of fused-ring (bicyclic) bond motifs is 8. The van der Waals surface area contributed by atoms with Crippen LogP contribution < -0.4 is 20.7 Å². The summed E-state index contributed by atoms with van der Waals surface area (Å²) in [5, 5.41) is 15.7. The van der Waals surface area contributed by atoms with Gasteiger partial charge < -0.3 is 30.1 Å². The second kappa shape index (κ2) is 12.4. The molecule has 0 spiro atoms. The quantitative estimate of drug-likeness (QED) is 0.175. The number of hydrogen-bond acceptors (Lipinski definition) is 5. The Labute approximate surface area is 281 Å². The molecule has 3 aromatic rings. The predicted octanol–water partition coefficient (Wildman–Crippen LogP) is 3.19. The Bertz CT molecular complexity index is 2020. The maximum Gasteiger partial charge on any atom is 2.00 e. The third kappa shape index (κ3) is 5.02. The first kappa shape index (κ1) is 33.0. The van der Waals surface area contributed by atoms with Crippen molar-refractivity contribution in [2.24, 2.45) is 11.8 Å². The Morgan fingerprint density at radius 2 is 1.83 bits per heavy atom. The first-order valence-electron chi connectivity index (χ1n) is 14.9. The van der Waals surface area contributed by atoms with Gasteiger partial charge in [-0.1, -0.05) is 61.9 Å². The molecular weight excluding hydrogens is 597 g/mol. The number of rotatable bonds is 7. The van der Waals surface area contributed by atoms with Crippen LogP contribution in [0.25, 0.3) is 35.2 Å². The normalized spacial score (nSPS) is 22.1. The molecule has 46 heavy (non-hydrogen) atoms. The van der Waals surface area contributed by atoms with Gasteiger partial charge in [-0.25, -0.2) is 4.79 Å². The number of ketones is 1. The summed E-state index contributed by atoms with van der Waals surface area (Å²) >= 11 is 0. The van der Waals surface area contributed by atoms with Gasteiger partial charge in [0.1, 0.15) is 11.9 Å². The number of carboxylic acids is 1. The van der Waals surface area contributed by atoms with E-state index in [1.165, 1.54) is 7.11 Å². The first-order valence-corrected chi connectivity index (χ1v) is 14.9. The van der Waals surface area contributed by atoms with E-state index in [1.54, 1.807) is 19.1 Å². The number of aldehydes is 1. The average Bonchev–Trinajstić information content (AvgIpc) is 3.76. The number of carboxylic acid groups (broad SMARTS) is 1. The summed E-state index contributed by atoms with van der Waals surface area (Å²) in [7, 11) is 1.23. The van der Waals surface area contributed by atoms with Crippen LogP contribution in [0.4, 0.5) is 0 Å². The minimum Gasteiger partial charge on any atom is -0.681 e. The smallest absolute Gasteiger partial charge is 0.681 e. The number of hydrogen-bond donors (Lipinski definition) is 2. The second-order valence-corrected chi connectivity index (χ2v) is 11.7. The van der Waals surface area contributed by atoms with E-state index >= 15 is 0 Å². The van der Waals surface area contributed by atoms with E-state index in [9.17, 15) is 24.3 Å². The molecule has 0 amide bonds.